The standard InChI is InChI=1S/C19H20N4O2/c1-2-17(24)23-10-8-19(9-11-23,15-6-4-3-5-7-15)18(25)22-16-12-20-14-21-13-16/h2-7,12-14H,1,8-11H2,(H,22,25). The van der Waals surface area contributed by atoms with Gasteiger partial charge in [-0.1, -0.05) is 36.9 Å². The summed E-state index contributed by atoms with van der Waals surface area (Å²) in [5, 5.41) is 2.92. The predicted molar refractivity (Wildman–Crippen MR) is 94.8 cm³/mol. The molecule has 3 rings (SSSR count). The quantitative estimate of drug-likeness (QED) is 0.868. The number of rotatable bonds is 4. The Labute approximate surface area is 146 Å². The number of piperidine rings is 1. The molecule has 25 heavy (non-hydrogen) atoms. The van der Waals surface area contributed by atoms with Crippen LogP contribution in [0.2, 0.25) is 0 Å². The summed E-state index contributed by atoms with van der Waals surface area (Å²) in [6.45, 7) is 4.56. The molecule has 1 N–H and O–H groups in total. The summed E-state index contributed by atoms with van der Waals surface area (Å²) in [4.78, 5) is 34.6. The van der Waals surface area contributed by atoms with Crippen LogP contribution in [0.1, 0.15) is 18.4 Å². The van der Waals surface area contributed by atoms with Gasteiger partial charge >= 0.3 is 0 Å². The van der Waals surface area contributed by atoms with Gasteiger partial charge in [-0.2, -0.15) is 0 Å². The van der Waals surface area contributed by atoms with E-state index in [2.05, 4.69) is 21.9 Å². The number of benzene rings is 1. The molecule has 2 aromatic rings. The fourth-order valence-corrected chi connectivity index (χ4v) is 3.26. The SMILES string of the molecule is C=CC(=O)N1CCC(C(=O)Nc2cncnc2)(c2ccccc2)CC1. The molecule has 0 unspecified atom stereocenters. The van der Waals surface area contributed by atoms with Gasteiger partial charge in [-0.3, -0.25) is 9.59 Å². The van der Waals surface area contributed by atoms with Crippen molar-refractivity contribution in [2.45, 2.75) is 18.3 Å². The Bertz CT molecular complexity index is 754. The Kier molecular flexibility index (Phi) is 4.88. The molecule has 1 aromatic carbocycles. The second-order valence-corrected chi connectivity index (χ2v) is 6.06. The van der Waals surface area contributed by atoms with Crippen LogP contribution in [0.4, 0.5) is 5.69 Å². The van der Waals surface area contributed by atoms with E-state index in [-0.39, 0.29) is 11.8 Å². The van der Waals surface area contributed by atoms with Crippen LogP contribution >= 0.6 is 0 Å². The minimum Gasteiger partial charge on any atom is -0.339 e. The fraction of sp³-hybridized carbons (Fsp3) is 0.263. The van der Waals surface area contributed by atoms with Gasteiger partial charge in [0.05, 0.1) is 23.5 Å². The Morgan fingerprint density at radius 2 is 1.76 bits per heavy atom. The van der Waals surface area contributed by atoms with E-state index in [1.165, 1.54) is 12.4 Å². The van der Waals surface area contributed by atoms with Crippen LogP contribution < -0.4 is 5.32 Å². The lowest BCUT2D eigenvalue weighted by molar-refractivity contribution is -0.131. The van der Waals surface area contributed by atoms with Gasteiger partial charge < -0.3 is 10.2 Å². The maximum absolute atomic E-state index is 13.1. The van der Waals surface area contributed by atoms with E-state index in [1.807, 2.05) is 30.3 Å². The van der Waals surface area contributed by atoms with Crippen LogP contribution in [-0.2, 0) is 15.0 Å². The summed E-state index contributed by atoms with van der Waals surface area (Å²) in [5.74, 6) is -0.197. The normalized spacial score (nSPS) is 16.1. The molecular formula is C19H20N4O2. The number of nitrogens with zero attached hydrogens (tertiary/aromatic N) is 3. The monoisotopic (exact) mass is 336 g/mol. The van der Waals surface area contributed by atoms with Crippen molar-refractivity contribution in [2.24, 2.45) is 0 Å². The van der Waals surface area contributed by atoms with E-state index in [4.69, 9.17) is 0 Å². The van der Waals surface area contributed by atoms with Gasteiger partial charge in [0.25, 0.3) is 0 Å². The molecule has 2 amide bonds. The average molecular weight is 336 g/mol. The van der Waals surface area contributed by atoms with Crippen molar-refractivity contribution in [1.29, 1.82) is 0 Å². The highest BCUT2D eigenvalue weighted by Gasteiger charge is 2.43. The van der Waals surface area contributed by atoms with E-state index in [9.17, 15) is 9.59 Å². The summed E-state index contributed by atoms with van der Waals surface area (Å²) in [7, 11) is 0. The Balaban J connectivity index is 1.87. The van der Waals surface area contributed by atoms with Crippen LogP contribution in [0.3, 0.4) is 0 Å². The molecule has 0 aliphatic carbocycles. The Morgan fingerprint density at radius 3 is 2.36 bits per heavy atom. The van der Waals surface area contributed by atoms with Crippen LogP contribution in [0.25, 0.3) is 0 Å². The van der Waals surface area contributed by atoms with Crippen molar-refractivity contribution in [2.75, 3.05) is 18.4 Å². The third-order valence-electron chi connectivity index (χ3n) is 4.68. The van der Waals surface area contributed by atoms with Gasteiger partial charge in [-0.25, -0.2) is 9.97 Å². The zero-order chi connectivity index (χ0) is 17.7. The molecular weight excluding hydrogens is 316 g/mol. The maximum Gasteiger partial charge on any atom is 0.245 e. The first-order valence-electron chi connectivity index (χ1n) is 8.19. The molecule has 0 saturated carbocycles. The van der Waals surface area contributed by atoms with Gasteiger partial charge in [0.2, 0.25) is 11.8 Å². The second kappa shape index (κ2) is 7.25. The first-order chi connectivity index (χ1) is 12.2. The van der Waals surface area contributed by atoms with E-state index in [0.29, 0.717) is 31.6 Å². The topological polar surface area (TPSA) is 75.2 Å². The molecule has 1 aliphatic rings. The molecule has 0 spiro atoms. The highest BCUT2D eigenvalue weighted by atomic mass is 16.2. The van der Waals surface area contributed by atoms with Crippen molar-refractivity contribution in [1.82, 2.24) is 14.9 Å². The van der Waals surface area contributed by atoms with E-state index < -0.39 is 5.41 Å². The van der Waals surface area contributed by atoms with Crippen LogP contribution in [0, 0.1) is 0 Å². The summed E-state index contributed by atoms with van der Waals surface area (Å²) >= 11 is 0. The largest absolute Gasteiger partial charge is 0.339 e. The molecule has 6 heteroatoms. The lowest BCUT2D eigenvalue weighted by Crippen LogP contribution is -2.50. The fourth-order valence-electron chi connectivity index (χ4n) is 3.26. The summed E-state index contributed by atoms with van der Waals surface area (Å²) in [5.41, 5.74) is 0.831. The molecule has 2 heterocycles. The average Bonchev–Trinajstić information content (AvgIpc) is 2.69. The van der Waals surface area contributed by atoms with Crippen molar-refractivity contribution in [3.8, 4) is 0 Å². The minimum atomic E-state index is -0.685. The van der Waals surface area contributed by atoms with E-state index >= 15 is 0 Å². The third-order valence-corrected chi connectivity index (χ3v) is 4.68. The lowest BCUT2D eigenvalue weighted by Gasteiger charge is -2.40. The minimum absolute atomic E-state index is 0.0980. The van der Waals surface area contributed by atoms with Crippen molar-refractivity contribution >= 4 is 17.5 Å². The van der Waals surface area contributed by atoms with Gasteiger partial charge in [-0.15, -0.1) is 0 Å². The van der Waals surface area contributed by atoms with Crippen LogP contribution in [0.15, 0.2) is 61.7 Å². The van der Waals surface area contributed by atoms with Crippen LogP contribution in [0.5, 0.6) is 0 Å². The highest BCUT2D eigenvalue weighted by molar-refractivity contribution is 5.99. The molecule has 1 aliphatic heterocycles. The third kappa shape index (κ3) is 3.42. The summed E-state index contributed by atoms with van der Waals surface area (Å²) in [6, 6.07) is 9.71. The van der Waals surface area contributed by atoms with E-state index in [0.717, 1.165) is 5.56 Å². The second-order valence-electron chi connectivity index (χ2n) is 6.06. The predicted octanol–water partition coefficient (Wildman–Crippen LogP) is 2.16. The molecule has 1 aromatic heterocycles. The number of amides is 2. The summed E-state index contributed by atoms with van der Waals surface area (Å²) < 4.78 is 0. The molecule has 0 bridgehead atoms. The Hall–Kier alpha value is -3.02. The van der Waals surface area contributed by atoms with Gasteiger partial charge in [0, 0.05) is 13.1 Å². The van der Waals surface area contributed by atoms with E-state index in [1.54, 1.807) is 17.3 Å². The molecule has 0 radical (unpaired) electrons. The molecule has 128 valence electrons. The van der Waals surface area contributed by atoms with Gasteiger partial charge in [0.1, 0.15) is 6.33 Å². The number of anilines is 1. The number of nitrogens with one attached hydrogen (secondary N) is 1. The van der Waals surface area contributed by atoms with Gasteiger partial charge in [-0.05, 0) is 24.5 Å². The van der Waals surface area contributed by atoms with Crippen molar-refractivity contribution < 1.29 is 9.59 Å². The first kappa shape index (κ1) is 16.8. The molecule has 0 atom stereocenters. The maximum atomic E-state index is 13.1. The zero-order valence-electron chi connectivity index (χ0n) is 13.9. The number of aromatic nitrogens is 2. The Morgan fingerprint density at radius 1 is 1.12 bits per heavy atom. The number of hydrogen-bond acceptors (Lipinski definition) is 4. The molecule has 6 nitrogen and oxygen atoms in total. The summed E-state index contributed by atoms with van der Waals surface area (Å²) in [6.07, 6.45) is 6.98. The lowest BCUT2D eigenvalue weighted by atomic mass is 9.72. The molecule has 1 fully saturated rings. The number of carbonyl (C=O) groups excluding carboxylic acids is 2. The van der Waals surface area contributed by atoms with Gasteiger partial charge in [0.15, 0.2) is 0 Å². The highest BCUT2D eigenvalue weighted by Crippen LogP contribution is 2.36. The van der Waals surface area contributed by atoms with Crippen molar-refractivity contribution in [3.05, 3.63) is 67.3 Å². The smallest absolute Gasteiger partial charge is 0.245 e. The number of hydrogen-bond donors (Lipinski definition) is 1. The first-order valence-corrected chi connectivity index (χ1v) is 8.19. The number of likely N-dealkylation sites (tertiary alicyclic amines) is 1. The molecule has 1 saturated heterocycles. The van der Waals surface area contributed by atoms with Crippen molar-refractivity contribution in [3.63, 3.8) is 0 Å². The van der Waals surface area contributed by atoms with Crippen LogP contribution in [-0.4, -0.2) is 39.8 Å². The zero-order valence-corrected chi connectivity index (χ0v) is 13.9. The number of carbonyl (C=O) groups is 2.